The van der Waals surface area contributed by atoms with Crippen LogP contribution in [0.5, 0.6) is 0 Å². The van der Waals surface area contributed by atoms with Crippen molar-refractivity contribution in [3.63, 3.8) is 0 Å². The summed E-state index contributed by atoms with van der Waals surface area (Å²) in [4.78, 5) is 14.8. The molecule has 4 atom stereocenters. The van der Waals surface area contributed by atoms with Crippen LogP contribution in [-0.4, -0.2) is 49.2 Å². The van der Waals surface area contributed by atoms with Crippen molar-refractivity contribution in [2.24, 2.45) is 11.3 Å². The molecule has 4 heteroatoms. The van der Waals surface area contributed by atoms with E-state index in [2.05, 4.69) is 33.0 Å². The third kappa shape index (κ3) is 3.65. The van der Waals surface area contributed by atoms with Crippen LogP contribution in [0.4, 0.5) is 0 Å². The van der Waals surface area contributed by atoms with E-state index in [-0.39, 0.29) is 11.3 Å². The van der Waals surface area contributed by atoms with Crippen molar-refractivity contribution in [1.82, 2.24) is 10.2 Å². The second kappa shape index (κ2) is 7.31. The quantitative estimate of drug-likeness (QED) is 0.767. The lowest BCUT2D eigenvalue weighted by Gasteiger charge is -2.55. The molecule has 1 aliphatic carbocycles. The summed E-state index contributed by atoms with van der Waals surface area (Å²) in [6.45, 7) is 10.6. The first-order valence-electron chi connectivity index (χ1n) is 8.99. The summed E-state index contributed by atoms with van der Waals surface area (Å²) in [6, 6.07) is 0.771. The molecule has 1 N–H and O–H groups in total. The molecule has 1 saturated carbocycles. The van der Waals surface area contributed by atoms with Crippen molar-refractivity contribution >= 4 is 5.91 Å². The lowest BCUT2D eigenvalue weighted by atomic mass is 9.63. The summed E-state index contributed by atoms with van der Waals surface area (Å²) in [6.07, 6.45) is 5.51. The van der Waals surface area contributed by atoms with Gasteiger partial charge in [0, 0.05) is 37.1 Å². The van der Waals surface area contributed by atoms with Gasteiger partial charge >= 0.3 is 0 Å². The molecule has 0 aromatic heterocycles. The average molecular weight is 310 g/mol. The number of amides is 1. The normalized spacial score (nSPS) is 34.0. The highest BCUT2D eigenvalue weighted by Gasteiger charge is 2.52. The van der Waals surface area contributed by atoms with Gasteiger partial charge in [-0.05, 0) is 39.2 Å². The van der Waals surface area contributed by atoms with Crippen molar-refractivity contribution in [2.45, 2.75) is 78.0 Å². The van der Waals surface area contributed by atoms with Gasteiger partial charge in [-0.15, -0.1) is 0 Å². The number of unbranched alkanes of at least 4 members (excludes halogenated alkanes) is 1. The zero-order valence-electron chi connectivity index (χ0n) is 15.0. The Hall–Kier alpha value is -0.610. The minimum atomic E-state index is 0.0662. The summed E-state index contributed by atoms with van der Waals surface area (Å²) in [5.41, 5.74) is 0.0662. The molecule has 0 bridgehead atoms. The Kier molecular flexibility index (Phi) is 5.89. The SMILES string of the molecule is CCCCOC1CC(N(C)C(=O)[C@H]2CCN[C@@H](C)C2)C1(C)C. The van der Waals surface area contributed by atoms with E-state index in [0.29, 0.717) is 24.1 Å². The van der Waals surface area contributed by atoms with Crippen LogP contribution in [0.2, 0.25) is 0 Å². The Labute approximate surface area is 136 Å². The lowest BCUT2D eigenvalue weighted by Crippen LogP contribution is -2.63. The monoisotopic (exact) mass is 310 g/mol. The third-order valence-corrected chi connectivity index (χ3v) is 5.73. The minimum absolute atomic E-state index is 0.0662. The highest BCUT2D eigenvalue weighted by molar-refractivity contribution is 5.79. The molecule has 0 aromatic carbocycles. The molecule has 128 valence electrons. The van der Waals surface area contributed by atoms with Crippen molar-refractivity contribution in [3.05, 3.63) is 0 Å². The van der Waals surface area contributed by atoms with Gasteiger partial charge in [0.2, 0.25) is 5.91 Å². The first kappa shape index (κ1) is 17.7. The van der Waals surface area contributed by atoms with E-state index in [1.165, 1.54) is 6.42 Å². The maximum absolute atomic E-state index is 12.8. The Balaban J connectivity index is 1.87. The van der Waals surface area contributed by atoms with Crippen LogP contribution < -0.4 is 5.32 Å². The molecular formula is C18H34N2O2. The van der Waals surface area contributed by atoms with E-state index >= 15 is 0 Å². The predicted molar refractivity (Wildman–Crippen MR) is 89.8 cm³/mol. The average Bonchev–Trinajstić information content (AvgIpc) is 2.48. The fourth-order valence-corrected chi connectivity index (χ4v) is 3.97. The number of piperidine rings is 1. The molecule has 2 aliphatic rings. The van der Waals surface area contributed by atoms with Crippen LogP contribution in [0.3, 0.4) is 0 Å². The molecular weight excluding hydrogens is 276 g/mol. The van der Waals surface area contributed by atoms with Crippen LogP contribution in [0.25, 0.3) is 0 Å². The molecule has 1 heterocycles. The van der Waals surface area contributed by atoms with Gasteiger partial charge in [-0.3, -0.25) is 4.79 Å². The number of rotatable bonds is 6. The molecule has 1 amide bonds. The highest BCUT2D eigenvalue weighted by atomic mass is 16.5. The van der Waals surface area contributed by atoms with Crippen molar-refractivity contribution in [2.75, 3.05) is 20.2 Å². The largest absolute Gasteiger partial charge is 0.378 e. The number of ether oxygens (including phenoxy) is 1. The topological polar surface area (TPSA) is 41.6 Å². The van der Waals surface area contributed by atoms with E-state index in [9.17, 15) is 4.79 Å². The predicted octanol–water partition coefficient (Wildman–Crippen LogP) is 2.82. The molecule has 1 saturated heterocycles. The van der Waals surface area contributed by atoms with Crippen molar-refractivity contribution in [1.29, 1.82) is 0 Å². The summed E-state index contributed by atoms with van der Waals surface area (Å²) >= 11 is 0. The van der Waals surface area contributed by atoms with Crippen LogP contribution in [0, 0.1) is 11.3 Å². The molecule has 0 aromatic rings. The molecule has 0 spiro atoms. The summed E-state index contributed by atoms with van der Waals surface area (Å²) in [5.74, 6) is 0.524. The number of nitrogens with one attached hydrogen (secondary N) is 1. The molecule has 2 rings (SSSR count). The molecule has 2 unspecified atom stereocenters. The van der Waals surface area contributed by atoms with Gasteiger partial charge in [0.25, 0.3) is 0 Å². The van der Waals surface area contributed by atoms with Gasteiger partial charge in [0.15, 0.2) is 0 Å². The molecule has 4 nitrogen and oxygen atoms in total. The summed E-state index contributed by atoms with van der Waals surface area (Å²) in [5, 5.41) is 3.42. The van der Waals surface area contributed by atoms with Gasteiger partial charge in [0.1, 0.15) is 0 Å². The zero-order chi connectivity index (χ0) is 16.3. The van der Waals surface area contributed by atoms with Gasteiger partial charge < -0.3 is 15.0 Å². The van der Waals surface area contributed by atoms with Crippen LogP contribution in [0.1, 0.15) is 59.8 Å². The first-order chi connectivity index (χ1) is 10.4. The van der Waals surface area contributed by atoms with Gasteiger partial charge in [0.05, 0.1) is 6.10 Å². The number of hydrogen-bond acceptors (Lipinski definition) is 3. The second-order valence-electron chi connectivity index (χ2n) is 7.81. The lowest BCUT2D eigenvalue weighted by molar-refractivity contribution is -0.168. The smallest absolute Gasteiger partial charge is 0.225 e. The zero-order valence-corrected chi connectivity index (χ0v) is 15.0. The fraction of sp³-hybridized carbons (Fsp3) is 0.944. The van der Waals surface area contributed by atoms with Crippen LogP contribution in [0.15, 0.2) is 0 Å². The minimum Gasteiger partial charge on any atom is -0.378 e. The molecule has 22 heavy (non-hydrogen) atoms. The van der Waals surface area contributed by atoms with Crippen LogP contribution in [-0.2, 0) is 9.53 Å². The summed E-state index contributed by atoms with van der Waals surface area (Å²) < 4.78 is 6.01. The van der Waals surface area contributed by atoms with Crippen molar-refractivity contribution in [3.8, 4) is 0 Å². The number of nitrogens with zero attached hydrogens (tertiary/aromatic N) is 1. The van der Waals surface area contributed by atoms with Gasteiger partial charge in [-0.25, -0.2) is 0 Å². The molecule has 1 aliphatic heterocycles. The van der Waals surface area contributed by atoms with E-state index in [1.807, 2.05) is 11.9 Å². The molecule has 2 fully saturated rings. The Bertz CT molecular complexity index is 383. The second-order valence-corrected chi connectivity index (χ2v) is 7.81. The maximum Gasteiger partial charge on any atom is 0.225 e. The highest BCUT2D eigenvalue weighted by Crippen LogP contribution is 2.46. The Morgan fingerprint density at radius 3 is 2.68 bits per heavy atom. The van der Waals surface area contributed by atoms with Crippen LogP contribution >= 0.6 is 0 Å². The third-order valence-electron chi connectivity index (χ3n) is 5.73. The van der Waals surface area contributed by atoms with E-state index in [0.717, 1.165) is 38.8 Å². The van der Waals surface area contributed by atoms with E-state index < -0.39 is 0 Å². The number of carbonyl (C=O) groups is 1. The van der Waals surface area contributed by atoms with E-state index in [1.54, 1.807) is 0 Å². The Morgan fingerprint density at radius 1 is 1.36 bits per heavy atom. The first-order valence-corrected chi connectivity index (χ1v) is 8.99. The Morgan fingerprint density at radius 2 is 2.09 bits per heavy atom. The maximum atomic E-state index is 12.8. The summed E-state index contributed by atoms with van der Waals surface area (Å²) in [7, 11) is 1.99. The van der Waals surface area contributed by atoms with E-state index in [4.69, 9.17) is 4.74 Å². The fourth-order valence-electron chi connectivity index (χ4n) is 3.97. The molecule has 0 radical (unpaired) electrons. The van der Waals surface area contributed by atoms with Crippen molar-refractivity contribution < 1.29 is 9.53 Å². The van der Waals surface area contributed by atoms with Gasteiger partial charge in [-0.2, -0.15) is 0 Å². The van der Waals surface area contributed by atoms with Gasteiger partial charge in [-0.1, -0.05) is 27.2 Å². The number of carbonyl (C=O) groups excluding carboxylic acids is 1. The number of hydrogen-bond donors (Lipinski definition) is 1. The standard InChI is InChI=1S/C18H34N2O2/c1-6-7-10-22-16-12-15(18(16,3)4)20(5)17(21)14-8-9-19-13(2)11-14/h13-16,19H,6-12H2,1-5H3/t13-,14-,15?,16?/m0/s1.